The number of ether oxygens (including phenoxy) is 3. The average molecular weight is 1170 g/mol. The van der Waals surface area contributed by atoms with Crippen LogP contribution in [0.25, 0.3) is 0 Å². The summed E-state index contributed by atoms with van der Waals surface area (Å²) < 4.78 is 17.7. The molecule has 0 bridgehead atoms. The van der Waals surface area contributed by atoms with Crippen LogP contribution >= 0.6 is 0 Å². The van der Waals surface area contributed by atoms with Crippen molar-refractivity contribution in [3.8, 4) is 0 Å². The summed E-state index contributed by atoms with van der Waals surface area (Å²) in [6, 6.07) is -1.03. The first kappa shape index (κ1) is 78.1. The van der Waals surface area contributed by atoms with E-state index in [0.29, 0.717) is 12.8 Å². The third-order valence-electron chi connectivity index (χ3n) is 16.1. The predicted octanol–water partition coefficient (Wildman–Crippen LogP) is 17.5. The van der Waals surface area contributed by atoms with Gasteiger partial charge in [-0.1, -0.05) is 280 Å². The highest BCUT2D eigenvalue weighted by Crippen LogP contribution is 2.26. The van der Waals surface area contributed by atoms with Crippen molar-refractivity contribution in [1.29, 1.82) is 0 Å². The Morgan fingerprint density at radius 3 is 1.27 bits per heavy atom. The Hall–Kier alpha value is -2.90. The van der Waals surface area contributed by atoms with E-state index in [1.165, 1.54) is 173 Å². The number of hydrogen-bond donors (Lipinski definition) is 6. The number of carbonyl (C=O) groups is 2. The molecule has 0 radical (unpaired) electrons. The van der Waals surface area contributed by atoms with E-state index in [1.807, 2.05) is 6.08 Å². The lowest BCUT2D eigenvalue weighted by atomic mass is 9.99. The van der Waals surface area contributed by atoms with E-state index in [9.17, 15) is 35.1 Å². The quantitative estimate of drug-likeness (QED) is 0.0195. The topological polar surface area (TPSA) is 175 Å². The van der Waals surface area contributed by atoms with Gasteiger partial charge in [-0.25, -0.2) is 0 Å². The molecule has 1 amide bonds. The van der Waals surface area contributed by atoms with Crippen LogP contribution in [0.1, 0.15) is 310 Å². The van der Waals surface area contributed by atoms with Crippen molar-refractivity contribution in [2.24, 2.45) is 0 Å². The van der Waals surface area contributed by atoms with Crippen LogP contribution in [-0.2, 0) is 23.8 Å². The SMILES string of the molecule is CCCCC/C=C\C/C=C\C/C=C\CCCCCCCCCCCCC(=O)OC1C(OCC(NC(=O)C(O)CCCCCCCCCCCC/C=C\C/C=C\CCCCC)C(O)/C=C/CCCCCCCCCCC)OC(CO)C(O)C1O. The normalized spacial score (nSPS) is 19.0. The molecule has 1 heterocycles. The van der Waals surface area contributed by atoms with Gasteiger partial charge in [0.25, 0.3) is 0 Å². The van der Waals surface area contributed by atoms with Gasteiger partial charge in [-0.05, 0) is 96.3 Å². The van der Waals surface area contributed by atoms with Crippen LogP contribution < -0.4 is 5.32 Å². The molecule has 8 unspecified atom stereocenters. The standard InChI is InChI=1S/C72H129NO10/c1-4-7-10-13-16-19-22-24-26-28-30-32-33-34-36-38-40-42-45-48-51-54-57-60-67(77)83-70-69(79)68(78)66(61-74)82-72(70)81-62-63(64(75)58-55-52-49-46-43-21-18-15-12-9-6-3)73-71(80)65(76)59-56-53-50-47-44-41-39-37-35-31-29-27-25-23-20-17-14-11-8-5-2/h16-17,19-20,24-27,30,32,55,58,63-66,68-70,72,74-76,78-79H,4-15,18,21-23,28-29,31,33-54,56-57,59-62H2,1-3H3,(H,73,80)/b19-16-,20-17-,26-24-,27-25-,32-30-,58-55+. The van der Waals surface area contributed by atoms with Crippen LogP contribution in [0, 0.1) is 0 Å². The van der Waals surface area contributed by atoms with E-state index in [2.05, 4.69) is 86.8 Å². The van der Waals surface area contributed by atoms with Crippen LogP contribution in [0.2, 0.25) is 0 Å². The summed E-state index contributed by atoms with van der Waals surface area (Å²) in [7, 11) is 0. The molecule has 8 atom stereocenters. The van der Waals surface area contributed by atoms with Crippen LogP contribution in [0.15, 0.2) is 72.9 Å². The van der Waals surface area contributed by atoms with Crippen LogP contribution in [0.3, 0.4) is 0 Å². The minimum Gasteiger partial charge on any atom is -0.454 e. The highest BCUT2D eigenvalue weighted by Gasteiger charge is 2.47. The molecule has 11 nitrogen and oxygen atoms in total. The zero-order chi connectivity index (χ0) is 60.3. The molecule has 0 saturated carbocycles. The Morgan fingerprint density at radius 2 is 0.831 bits per heavy atom. The summed E-state index contributed by atoms with van der Waals surface area (Å²) >= 11 is 0. The van der Waals surface area contributed by atoms with Crippen LogP contribution in [0.4, 0.5) is 0 Å². The van der Waals surface area contributed by atoms with Crippen molar-refractivity contribution in [2.45, 2.75) is 359 Å². The molecule has 6 N–H and O–H groups in total. The molecule has 1 aliphatic rings. The number of unbranched alkanes of at least 4 members (excludes halogenated alkanes) is 35. The monoisotopic (exact) mass is 1170 g/mol. The van der Waals surface area contributed by atoms with Gasteiger partial charge in [0.1, 0.15) is 24.4 Å². The van der Waals surface area contributed by atoms with Crippen molar-refractivity contribution >= 4 is 11.9 Å². The second kappa shape index (κ2) is 59.4. The largest absolute Gasteiger partial charge is 0.454 e. The van der Waals surface area contributed by atoms with Crippen molar-refractivity contribution in [3.63, 3.8) is 0 Å². The number of rotatable bonds is 59. The van der Waals surface area contributed by atoms with Gasteiger partial charge in [-0.3, -0.25) is 9.59 Å². The van der Waals surface area contributed by atoms with Gasteiger partial charge in [0.15, 0.2) is 12.4 Å². The van der Waals surface area contributed by atoms with E-state index < -0.39 is 67.4 Å². The molecule has 1 fully saturated rings. The summed E-state index contributed by atoms with van der Waals surface area (Å²) in [5.74, 6) is -1.20. The van der Waals surface area contributed by atoms with E-state index >= 15 is 0 Å². The van der Waals surface area contributed by atoms with E-state index in [4.69, 9.17) is 14.2 Å². The second-order valence-electron chi connectivity index (χ2n) is 23.9. The summed E-state index contributed by atoms with van der Waals surface area (Å²) in [5.41, 5.74) is 0. The van der Waals surface area contributed by atoms with Crippen molar-refractivity contribution in [2.75, 3.05) is 13.2 Å². The first-order valence-corrected chi connectivity index (χ1v) is 34.7. The minimum absolute atomic E-state index is 0.117. The number of aliphatic hydroxyl groups excluding tert-OH is 5. The lowest BCUT2D eigenvalue weighted by Gasteiger charge is -2.41. The Bertz CT molecular complexity index is 1630. The first-order chi connectivity index (χ1) is 40.7. The molecule has 0 aromatic heterocycles. The van der Waals surface area contributed by atoms with Gasteiger partial charge in [0.2, 0.25) is 5.91 Å². The van der Waals surface area contributed by atoms with E-state index in [0.717, 1.165) is 89.9 Å². The Kier molecular flexibility index (Phi) is 55.9. The lowest BCUT2D eigenvalue weighted by molar-refractivity contribution is -0.305. The van der Waals surface area contributed by atoms with Crippen LogP contribution in [0.5, 0.6) is 0 Å². The highest BCUT2D eigenvalue weighted by atomic mass is 16.7. The number of amides is 1. The number of esters is 1. The fraction of sp³-hybridized carbons (Fsp3) is 0.806. The van der Waals surface area contributed by atoms with E-state index in [-0.39, 0.29) is 19.4 Å². The summed E-state index contributed by atoms with van der Waals surface area (Å²) in [6.45, 7) is 5.75. The third kappa shape index (κ3) is 46.9. The fourth-order valence-corrected chi connectivity index (χ4v) is 10.6. The molecule has 0 aliphatic carbocycles. The lowest BCUT2D eigenvalue weighted by Crippen LogP contribution is -2.61. The molecular formula is C72H129NO10. The minimum atomic E-state index is -1.62. The molecule has 11 heteroatoms. The molecule has 0 aromatic carbocycles. The Balaban J connectivity index is 2.58. The van der Waals surface area contributed by atoms with Crippen LogP contribution in [-0.4, -0.2) is 99.6 Å². The molecule has 1 rings (SSSR count). The number of hydrogen-bond acceptors (Lipinski definition) is 10. The number of allylic oxidation sites excluding steroid dienone is 11. The number of nitrogens with one attached hydrogen (secondary N) is 1. The average Bonchev–Trinajstić information content (AvgIpc) is 3.68. The maximum Gasteiger partial charge on any atom is 0.306 e. The van der Waals surface area contributed by atoms with Crippen molar-refractivity contribution < 1.29 is 49.3 Å². The molecule has 482 valence electrons. The number of aliphatic hydroxyl groups is 5. The first-order valence-electron chi connectivity index (χ1n) is 34.7. The predicted molar refractivity (Wildman–Crippen MR) is 347 cm³/mol. The van der Waals surface area contributed by atoms with Gasteiger partial charge in [0.05, 0.1) is 25.4 Å². The fourth-order valence-electron chi connectivity index (χ4n) is 10.6. The maximum absolute atomic E-state index is 13.5. The van der Waals surface area contributed by atoms with Gasteiger partial charge in [0, 0.05) is 6.42 Å². The van der Waals surface area contributed by atoms with Gasteiger partial charge in [-0.15, -0.1) is 0 Å². The zero-order valence-corrected chi connectivity index (χ0v) is 53.6. The Labute approximate surface area is 509 Å². The molecule has 1 saturated heterocycles. The van der Waals surface area contributed by atoms with Gasteiger partial charge in [-0.2, -0.15) is 0 Å². The van der Waals surface area contributed by atoms with Crippen molar-refractivity contribution in [3.05, 3.63) is 72.9 Å². The maximum atomic E-state index is 13.5. The summed E-state index contributed by atoms with van der Waals surface area (Å²) in [4.78, 5) is 26.6. The highest BCUT2D eigenvalue weighted by molar-refractivity contribution is 5.80. The van der Waals surface area contributed by atoms with E-state index in [1.54, 1.807) is 6.08 Å². The molecule has 0 spiro atoms. The third-order valence-corrected chi connectivity index (χ3v) is 16.1. The smallest absolute Gasteiger partial charge is 0.306 e. The molecule has 1 aliphatic heterocycles. The summed E-state index contributed by atoms with van der Waals surface area (Å²) in [5, 5.41) is 57.2. The molecule has 0 aromatic rings. The van der Waals surface area contributed by atoms with Crippen molar-refractivity contribution in [1.82, 2.24) is 5.32 Å². The second-order valence-corrected chi connectivity index (χ2v) is 23.9. The van der Waals surface area contributed by atoms with Gasteiger partial charge < -0.3 is 45.1 Å². The summed E-state index contributed by atoms with van der Waals surface area (Å²) in [6.07, 6.45) is 66.5. The Morgan fingerprint density at radius 1 is 0.470 bits per heavy atom. The van der Waals surface area contributed by atoms with Gasteiger partial charge >= 0.3 is 5.97 Å². The molecule has 83 heavy (non-hydrogen) atoms. The number of carbonyl (C=O) groups excluding carboxylic acids is 2. The molecular weight excluding hydrogens is 1040 g/mol. The zero-order valence-electron chi connectivity index (χ0n) is 53.6.